The summed E-state index contributed by atoms with van der Waals surface area (Å²) in [6.45, 7) is 6.84. The van der Waals surface area contributed by atoms with Gasteiger partial charge < -0.3 is 9.47 Å². The van der Waals surface area contributed by atoms with Crippen LogP contribution in [0.1, 0.15) is 47.7 Å². The summed E-state index contributed by atoms with van der Waals surface area (Å²) in [6.07, 6.45) is 3.29. The van der Waals surface area contributed by atoms with Crippen LogP contribution in [0.3, 0.4) is 0 Å². The van der Waals surface area contributed by atoms with Crippen LogP contribution in [0, 0.1) is 13.8 Å². The predicted molar refractivity (Wildman–Crippen MR) is 128 cm³/mol. The van der Waals surface area contributed by atoms with Gasteiger partial charge in [-0.2, -0.15) is 10.2 Å². The minimum absolute atomic E-state index is 0.266. The lowest BCUT2D eigenvalue weighted by Gasteiger charge is -2.08. The minimum Gasteiger partial charge on any atom is -0.494 e. The highest BCUT2D eigenvalue weighted by Gasteiger charge is 2.12. The highest BCUT2D eigenvalue weighted by atomic mass is 35.5. The van der Waals surface area contributed by atoms with Crippen LogP contribution in [0.5, 0.6) is 11.5 Å². The molecule has 0 aliphatic rings. The summed E-state index contributed by atoms with van der Waals surface area (Å²) < 4.78 is 11.1. The SMILES string of the molecule is CCCCCOc1ccc(C(=O)Oc2ccc(N=Nc3ccc(C)cc3C)cc2Cl)cc1. The zero-order chi connectivity index (χ0) is 22.9. The van der Waals surface area contributed by atoms with Crippen molar-refractivity contribution in [3.63, 3.8) is 0 Å². The second kappa shape index (κ2) is 11.4. The number of benzene rings is 3. The van der Waals surface area contributed by atoms with Gasteiger partial charge in [-0.3, -0.25) is 0 Å². The number of rotatable bonds is 9. The monoisotopic (exact) mass is 450 g/mol. The first-order chi connectivity index (χ1) is 15.5. The first-order valence-electron chi connectivity index (χ1n) is 10.7. The highest BCUT2D eigenvalue weighted by Crippen LogP contribution is 2.31. The number of halogens is 1. The van der Waals surface area contributed by atoms with E-state index < -0.39 is 5.97 Å². The van der Waals surface area contributed by atoms with Crippen molar-refractivity contribution in [2.24, 2.45) is 10.2 Å². The van der Waals surface area contributed by atoms with E-state index in [2.05, 4.69) is 23.2 Å². The summed E-state index contributed by atoms with van der Waals surface area (Å²) >= 11 is 6.30. The largest absolute Gasteiger partial charge is 0.494 e. The summed E-state index contributed by atoms with van der Waals surface area (Å²) in [5, 5.41) is 8.80. The van der Waals surface area contributed by atoms with E-state index in [4.69, 9.17) is 21.1 Å². The number of ether oxygens (including phenoxy) is 2. The zero-order valence-corrected chi connectivity index (χ0v) is 19.4. The van der Waals surface area contributed by atoms with E-state index >= 15 is 0 Å². The third kappa shape index (κ3) is 6.66. The molecule has 3 aromatic rings. The first kappa shape index (κ1) is 23.5. The van der Waals surface area contributed by atoms with Crippen LogP contribution >= 0.6 is 11.6 Å². The van der Waals surface area contributed by atoms with Gasteiger partial charge in [0, 0.05) is 0 Å². The predicted octanol–water partition coefficient (Wildman–Crippen LogP) is 8.16. The van der Waals surface area contributed by atoms with Gasteiger partial charge in [-0.1, -0.05) is 49.1 Å². The number of azo groups is 1. The van der Waals surface area contributed by atoms with Gasteiger partial charge in [0.05, 0.1) is 28.6 Å². The van der Waals surface area contributed by atoms with Crippen molar-refractivity contribution in [1.82, 2.24) is 0 Å². The molecule has 0 amide bonds. The maximum atomic E-state index is 12.5. The molecule has 166 valence electrons. The molecule has 0 aromatic heterocycles. The van der Waals surface area contributed by atoms with Gasteiger partial charge in [0.15, 0.2) is 0 Å². The van der Waals surface area contributed by atoms with Gasteiger partial charge in [0.1, 0.15) is 11.5 Å². The summed E-state index contributed by atoms with van der Waals surface area (Å²) in [7, 11) is 0. The molecule has 0 saturated carbocycles. The van der Waals surface area contributed by atoms with Crippen LogP contribution in [0.4, 0.5) is 11.4 Å². The van der Waals surface area contributed by atoms with Gasteiger partial charge in [-0.25, -0.2) is 4.79 Å². The molecule has 0 atom stereocenters. The molecule has 0 aliphatic heterocycles. The lowest BCUT2D eigenvalue weighted by Crippen LogP contribution is -2.08. The van der Waals surface area contributed by atoms with E-state index in [1.807, 2.05) is 26.0 Å². The maximum absolute atomic E-state index is 12.5. The van der Waals surface area contributed by atoms with Crippen LogP contribution in [-0.2, 0) is 0 Å². The molecule has 0 fully saturated rings. The van der Waals surface area contributed by atoms with Crippen molar-refractivity contribution in [3.05, 3.63) is 82.4 Å². The van der Waals surface area contributed by atoms with Crippen molar-refractivity contribution in [2.45, 2.75) is 40.0 Å². The lowest BCUT2D eigenvalue weighted by molar-refractivity contribution is 0.0735. The van der Waals surface area contributed by atoms with Crippen molar-refractivity contribution in [1.29, 1.82) is 0 Å². The minimum atomic E-state index is -0.492. The fraction of sp³-hybridized carbons (Fsp3) is 0.269. The normalized spacial score (nSPS) is 11.0. The molecule has 0 N–H and O–H groups in total. The summed E-state index contributed by atoms with van der Waals surface area (Å²) in [5.74, 6) is 0.505. The topological polar surface area (TPSA) is 60.2 Å². The Morgan fingerprint density at radius 3 is 2.41 bits per heavy atom. The molecule has 0 bridgehead atoms. The van der Waals surface area contributed by atoms with Crippen LogP contribution in [0.15, 0.2) is 70.9 Å². The van der Waals surface area contributed by atoms with Crippen molar-refractivity contribution >= 4 is 28.9 Å². The van der Waals surface area contributed by atoms with Gasteiger partial charge in [-0.05, 0) is 74.4 Å². The smallest absolute Gasteiger partial charge is 0.343 e. The average Bonchev–Trinajstić information content (AvgIpc) is 2.78. The van der Waals surface area contributed by atoms with Crippen LogP contribution in [-0.4, -0.2) is 12.6 Å². The van der Waals surface area contributed by atoms with Crippen LogP contribution in [0.25, 0.3) is 0 Å². The first-order valence-corrected chi connectivity index (χ1v) is 11.1. The molecule has 3 rings (SSSR count). The van der Waals surface area contributed by atoms with E-state index in [0.29, 0.717) is 17.9 Å². The molecule has 3 aromatic carbocycles. The van der Waals surface area contributed by atoms with Crippen LogP contribution < -0.4 is 9.47 Å². The van der Waals surface area contributed by atoms with Gasteiger partial charge in [-0.15, -0.1) is 0 Å². The second-order valence-corrected chi connectivity index (χ2v) is 7.98. The fourth-order valence-electron chi connectivity index (χ4n) is 3.05. The molecule has 0 unspecified atom stereocenters. The number of unbranched alkanes of at least 4 members (excludes halogenated alkanes) is 2. The van der Waals surface area contributed by atoms with E-state index in [-0.39, 0.29) is 10.8 Å². The Bertz CT molecular complexity index is 1090. The lowest BCUT2D eigenvalue weighted by atomic mass is 10.1. The van der Waals surface area contributed by atoms with Crippen molar-refractivity contribution < 1.29 is 14.3 Å². The molecule has 0 saturated heterocycles. The Balaban J connectivity index is 1.61. The number of hydrogen-bond donors (Lipinski definition) is 0. The summed E-state index contributed by atoms with van der Waals surface area (Å²) in [6, 6.07) is 17.8. The Morgan fingerprint density at radius 2 is 1.72 bits per heavy atom. The van der Waals surface area contributed by atoms with Crippen molar-refractivity contribution in [3.8, 4) is 11.5 Å². The standard InChI is InChI=1S/C26H27ClN2O3/c1-4-5-6-15-31-22-11-8-20(9-12-22)26(30)32-25-14-10-21(17-23(25)27)28-29-24-13-7-18(2)16-19(24)3/h7-14,16-17H,4-6,15H2,1-3H3. The Labute approximate surface area is 194 Å². The molecule has 6 heteroatoms. The average molecular weight is 451 g/mol. The van der Waals surface area contributed by atoms with Gasteiger partial charge >= 0.3 is 5.97 Å². The van der Waals surface area contributed by atoms with Crippen molar-refractivity contribution in [2.75, 3.05) is 6.61 Å². The Hall–Kier alpha value is -3.18. The number of hydrogen-bond acceptors (Lipinski definition) is 5. The van der Waals surface area contributed by atoms with E-state index in [9.17, 15) is 4.79 Å². The molecular formula is C26H27ClN2O3. The van der Waals surface area contributed by atoms with E-state index in [1.54, 1.807) is 42.5 Å². The fourth-order valence-corrected chi connectivity index (χ4v) is 3.27. The molecule has 0 radical (unpaired) electrons. The van der Waals surface area contributed by atoms with E-state index in [1.165, 1.54) is 5.56 Å². The Morgan fingerprint density at radius 1 is 0.938 bits per heavy atom. The quantitative estimate of drug-likeness (QED) is 0.143. The third-order valence-electron chi connectivity index (χ3n) is 4.85. The van der Waals surface area contributed by atoms with Gasteiger partial charge in [0.2, 0.25) is 0 Å². The zero-order valence-electron chi connectivity index (χ0n) is 18.6. The molecule has 32 heavy (non-hydrogen) atoms. The van der Waals surface area contributed by atoms with E-state index in [0.717, 1.165) is 36.3 Å². The number of aryl methyl sites for hydroxylation is 2. The third-order valence-corrected chi connectivity index (χ3v) is 5.15. The maximum Gasteiger partial charge on any atom is 0.343 e. The second-order valence-electron chi connectivity index (χ2n) is 7.57. The Kier molecular flexibility index (Phi) is 8.40. The molecule has 0 spiro atoms. The number of esters is 1. The van der Waals surface area contributed by atoms with Crippen LogP contribution in [0.2, 0.25) is 5.02 Å². The number of carbonyl (C=O) groups excluding carboxylic acids is 1. The van der Waals surface area contributed by atoms with Gasteiger partial charge in [0.25, 0.3) is 0 Å². The highest BCUT2D eigenvalue weighted by molar-refractivity contribution is 6.32. The summed E-state index contributed by atoms with van der Waals surface area (Å²) in [5.41, 5.74) is 3.99. The molecule has 0 heterocycles. The molecule has 5 nitrogen and oxygen atoms in total. The molecule has 0 aliphatic carbocycles. The number of carbonyl (C=O) groups is 1. The number of nitrogens with zero attached hydrogens (tertiary/aromatic N) is 2. The molecular weight excluding hydrogens is 424 g/mol. The summed E-state index contributed by atoms with van der Waals surface area (Å²) in [4.78, 5) is 12.5.